The van der Waals surface area contributed by atoms with Crippen molar-refractivity contribution in [3.63, 3.8) is 0 Å². The zero-order valence-electron chi connectivity index (χ0n) is 10.9. The third kappa shape index (κ3) is 4.48. The van der Waals surface area contributed by atoms with Gasteiger partial charge in [0.15, 0.2) is 0 Å². The summed E-state index contributed by atoms with van der Waals surface area (Å²) >= 11 is 1.67. The van der Waals surface area contributed by atoms with Crippen LogP contribution in [-0.2, 0) is 9.53 Å². The zero-order valence-corrected chi connectivity index (χ0v) is 11.7. The van der Waals surface area contributed by atoms with Gasteiger partial charge in [0.25, 0.3) is 0 Å². The highest BCUT2D eigenvalue weighted by atomic mass is 32.1. The van der Waals surface area contributed by atoms with Gasteiger partial charge < -0.3 is 10.1 Å². The number of hydrogen-bond donors (Lipinski definition) is 1. The summed E-state index contributed by atoms with van der Waals surface area (Å²) in [5, 5.41) is 5.52. The van der Waals surface area contributed by atoms with Crippen LogP contribution < -0.4 is 5.32 Å². The van der Waals surface area contributed by atoms with Crippen molar-refractivity contribution in [3.8, 4) is 0 Å². The van der Waals surface area contributed by atoms with E-state index in [1.165, 1.54) is 12.0 Å². The molecule has 2 unspecified atom stereocenters. The Kier molecular flexibility index (Phi) is 5.65. The highest BCUT2D eigenvalue weighted by molar-refractivity contribution is 7.10. The van der Waals surface area contributed by atoms with E-state index in [1.807, 2.05) is 11.4 Å². The Morgan fingerprint density at radius 3 is 2.65 bits per heavy atom. The molecule has 3 nitrogen and oxygen atoms in total. The summed E-state index contributed by atoms with van der Waals surface area (Å²) in [6, 6.07) is 4.48. The van der Waals surface area contributed by atoms with Gasteiger partial charge in [-0.15, -0.1) is 11.3 Å². The van der Waals surface area contributed by atoms with Gasteiger partial charge in [-0.1, -0.05) is 19.9 Å². The van der Waals surface area contributed by atoms with Gasteiger partial charge in [-0.05, 0) is 24.3 Å². The van der Waals surface area contributed by atoms with Crippen LogP contribution >= 0.6 is 11.3 Å². The third-order valence-electron chi connectivity index (χ3n) is 2.95. The predicted octanol–water partition coefficient (Wildman–Crippen LogP) is 2.99. The summed E-state index contributed by atoms with van der Waals surface area (Å²) in [7, 11) is 1.43. The molecule has 2 atom stereocenters. The standard InChI is InChI=1S/C13H21NO2S/c1-9(2)10(3)14-11(8-13(15)16-4)12-6-5-7-17-12/h5-7,9-11,14H,8H2,1-4H3. The molecule has 0 aliphatic heterocycles. The van der Waals surface area contributed by atoms with E-state index in [1.54, 1.807) is 11.3 Å². The number of rotatable bonds is 6. The summed E-state index contributed by atoms with van der Waals surface area (Å²) in [5.74, 6) is 0.363. The number of hydrogen-bond acceptors (Lipinski definition) is 4. The van der Waals surface area contributed by atoms with Crippen LogP contribution in [0.2, 0.25) is 0 Å². The molecule has 1 aromatic heterocycles. The second kappa shape index (κ2) is 6.77. The molecule has 0 amide bonds. The van der Waals surface area contributed by atoms with E-state index in [0.29, 0.717) is 18.4 Å². The van der Waals surface area contributed by atoms with Crippen molar-refractivity contribution in [3.05, 3.63) is 22.4 Å². The number of nitrogens with one attached hydrogen (secondary N) is 1. The Bertz CT molecular complexity index is 335. The average Bonchev–Trinajstić information content (AvgIpc) is 2.80. The van der Waals surface area contributed by atoms with Crippen molar-refractivity contribution >= 4 is 17.3 Å². The van der Waals surface area contributed by atoms with Crippen LogP contribution in [0.25, 0.3) is 0 Å². The van der Waals surface area contributed by atoms with Gasteiger partial charge in [0.05, 0.1) is 19.6 Å². The number of methoxy groups -OCH3 is 1. The average molecular weight is 255 g/mol. The fraction of sp³-hybridized carbons (Fsp3) is 0.615. The van der Waals surface area contributed by atoms with Crippen molar-refractivity contribution in [1.29, 1.82) is 0 Å². The minimum absolute atomic E-state index is 0.0554. The molecule has 0 aliphatic rings. The highest BCUT2D eigenvalue weighted by Crippen LogP contribution is 2.23. The molecule has 1 N–H and O–H groups in total. The van der Waals surface area contributed by atoms with Gasteiger partial charge in [-0.2, -0.15) is 0 Å². The molecule has 0 radical (unpaired) electrons. The van der Waals surface area contributed by atoms with Crippen molar-refractivity contribution < 1.29 is 9.53 Å². The van der Waals surface area contributed by atoms with Gasteiger partial charge in [0, 0.05) is 10.9 Å². The highest BCUT2D eigenvalue weighted by Gasteiger charge is 2.20. The molecule has 17 heavy (non-hydrogen) atoms. The molecule has 0 saturated heterocycles. The van der Waals surface area contributed by atoms with E-state index < -0.39 is 0 Å². The fourth-order valence-corrected chi connectivity index (χ4v) is 2.28. The molecule has 0 aliphatic carbocycles. The molecule has 0 fully saturated rings. The molecule has 96 valence electrons. The Hall–Kier alpha value is -0.870. The molecular weight excluding hydrogens is 234 g/mol. The number of esters is 1. The summed E-state index contributed by atoms with van der Waals surface area (Å²) < 4.78 is 4.75. The number of thiophene rings is 1. The Morgan fingerprint density at radius 1 is 1.47 bits per heavy atom. The van der Waals surface area contributed by atoms with Crippen LogP contribution in [0.3, 0.4) is 0 Å². The first-order valence-electron chi connectivity index (χ1n) is 5.90. The molecule has 4 heteroatoms. The van der Waals surface area contributed by atoms with Gasteiger partial charge in [-0.3, -0.25) is 4.79 Å². The van der Waals surface area contributed by atoms with E-state index in [0.717, 1.165) is 0 Å². The number of carbonyl (C=O) groups is 1. The molecule has 1 aromatic rings. The number of carbonyl (C=O) groups excluding carboxylic acids is 1. The Morgan fingerprint density at radius 2 is 2.18 bits per heavy atom. The predicted molar refractivity (Wildman–Crippen MR) is 71.1 cm³/mol. The fourth-order valence-electron chi connectivity index (χ4n) is 1.49. The zero-order chi connectivity index (χ0) is 12.8. The first-order valence-corrected chi connectivity index (χ1v) is 6.78. The van der Waals surface area contributed by atoms with Crippen molar-refractivity contribution in [2.45, 2.75) is 39.3 Å². The van der Waals surface area contributed by atoms with E-state index in [2.05, 4.69) is 32.2 Å². The summed E-state index contributed by atoms with van der Waals surface area (Å²) in [4.78, 5) is 12.6. The molecule has 1 rings (SSSR count). The van der Waals surface area contributed by atoms with Crippen LogP contribution in [0.4, 0.5) is 0 Å². The number of ether oxygens (including phenoxy) is 1. The smallest absolute Gasteiger partial charge is 0.307 e. The molecular formula is C13H21NO2S. The molecule has 0 spiro atoms. The van der Waals surface area contributed by atoms with Crippen molar-refractivity contribution in [2.75, 3.05) is 7.11 Å². The van der Waals surface area contributed by atoms with Crippen LogP contribution in [0.1, 0.15) is 38.1 Å². The quantitative estimate of drug-likeness (QED) is 0.794. The van der Waals surface area contributed by atoms with Crippen molar-refractivity contribution in [1.82, 2.24) is 5.32 Å². The van der Waals surface area contributed by atoms with Gasteiger partial charge in [-0.25, -0.2) is 0 Å². The second-order valence-corrected chi connectivity index (χ2v) is 5.53. The van der Waals surface area contributed by atoms with E-state index in [9.17, 15) is 4.79 Å². The first-order chi connectivity index (χ1) is 8.04. The summed E-state index contributed by atoms with van der Waals surface area (Å²) in [6.45, 7) is 6.48. The van der Waals surface area contributed by atoms with E-state index in [-0.39, 0.29) is 12.0 Å². The molecule has 0 bridgehead atoms. The van der Waals surface area contributed by atoms with E-state index in [4.69, 9.17) is 4.74 Å². The van der Waals surface area contributed by atoms with Gasteiger partial charge >= 0.3 is 5.97 Å². The van der Waals surface area contributed by atoms with E-state index >= 15 is 0 Å². The molecule has 0 saturated carbocycles. The van der Waals surface area contributed by atoms with Crippen LogP contribution in [0.5, 0.6) is 0 Å². The minimum atomic E-state index is -0.174. The molecule has 1 heterocycles. The third-order valence-corrected chi connectivity index (χ3v) is 3.94. The normalized spacial score (nSPS) is 14.6. The lowest BCUT2D eigenvalue weighted by Gasteiger charge is -2.24. The maximum absolute atomic E-state index is 11.4. The molecule has 0 aromatic carbocycles. The topological polar surface area (TPSA) is 38.3 Å². The maximum Gasteiger partial charge on any atom is 0.307 e. The maximum atomic E-state index is 11.4. The monoisotopic (exact) mass is 255 g/mol. The Balaban J connectivity index is 2.69. The minimum Gasteiger partial charge on any atom is -0.469 e. The Labute approximate surface area is 107 Å². The SMILES string of the molecule is COC(=O)CC(NC(C)C(C)C)c1cccs1. The first kappa shape index (κ1) is 14.2. The summed E-state index contributed by atoms with van der Waals surface area (Å²) in [6.07, 6.45) is 0.383. The largest absolute Gasteiger partial charge is 0.469 e. The summed E-state index contributed by atoms with van der Waals surface area (Å²) in [5.41, 5.74) is 0. The lowest BCUT2D eigenvalue weighted by atomic mass is 10.0. The lowest BCUT2D eigenvalue weighted by molar-refractivity contribution is -0.141. The van der Waals surface area contributed by atoms with Crippen molar-refractivity contribution in [2.24, 2.45) is 5.92 Å². The van der Waals surface area contributed by atoms with Crippen LogP contribution in [0, 0.1) is 5.92 Å². The second-order valence-electron chi connectivity index (χ2n) is 4.55. The lowest BCUT2D eigenvalue weighted by Crippen LogP contribution is -2.35. The van der Waals surface area contributed by atoms with Gasteiger partial charge in [0.1, 0.15) is 0 Å². The van der Waals surface area contributed by atoms with Crippen LogP contribution in [-0.4, -0.2) is 19.1 Å². The van der Waals surface area contributed by atoms with Crippen LogP contribution in [0.15, 0.2) is 17.5 Å². The van der Waals surface area contributed by atoms with Gasteiger partial charge in [0.2, 0.25) is 0 Å².